The number of esters is 1. The predicted molar refractivity (Wildman–Crippen MR) is 113 cm³/mol. The Kier molecular flexibility index (Phi) is 7.56. The van der Waals surface area contributed by atoms with Gasteiger partial charge in [-0.05, 0) is 54.8 Å². The summed E-state index contributed by atoms with van der Waals surface area (Å²) in [5.41, 5.74) is 2.49. The molecule has 0 spiro atoms. The molecule has 0 aliphatic carbocycles. The van der Waals surface area contributed by atoms with E-state index in [0.29, 0.717) is 13.2 Å². The van der Waals surface area contributed by atoms with Crippen molar-refractivity contribution in [1.29, 1.82) is 0 Å². The van der Waals surface area contributed by atoms with Crippen molar-refractivity contribution in [2.45, 2.75) is 45.2 Å². The van der Waals surface area contributed by atoms with Gasteiger partial charge in [-0.2, -0.15) is 0 Å². The van der Waals surface area contributed by atoms with E-state index in [1.54, 1.807) is 6.20 Å². The van der Waals surface area contributed by atoms with Gasteiger partial charge >= 0.3 is 5.97 Å². The normalized spacial score (nSPS) is 12.0. The third kappa shape index (κ3) is 5.89. The molecule has 1 heterocycles. The largest absolute Gasteiger partial charge is 0.465 e. The van der Waals surface area contributed by atoms with Crippen molar-refractivity contribution < 1.29 is 9.53 Å². The number of carbonyl (C=O) groups excluding carboxylic acids is 1. The Morgan fingerprint density at radius 1 is 1.04 bits per heavy atom. The van der Waals surface area contributed by atoms with Gasteiger partial charge in [0.1, 0.15) is 6.04 Å². The Labute approximate surface area is 166 Å². The molecule has 0 saturated heterocycles. The lowest BCUT2D eigenvalue weighted by Crippen LogP contribution is -2.37. The molecule has 0 radical (unpaired) electrons. The van der Waals surface area contributed by atoms with Crippen LogP contribution in [0.25, 0.3) is 10.8 Å². The van der Waals surface area contributed by atoms with Crippen molar-refractivity contribution in [3.8, 4) is 0 Å². The molecule has 0 bridgehead atoms. The van der Waals surface area contributed by atoms with E-state index in [9.17, 15) is 4.79 Å². The van der Waals surface area contributed by atoms with Crippen molar-refractivity contribution in [3.63, 3.8) is 0 Å². The second-order valence-electron chi connectivity index (χ2n) is 6.97. The summed E-state index contributed by atoms with van der Waals surface area (Å²) in [6, 6.07) is 18.5. The minimum atomic E-state index is -0.274. The lowest BCUT2D eigenvalue weighted by atomic mass is 10.0. The smallest absolute Gasteiger partial charge is 0.323 e. The van der Waals surface area contributed by atoms with Gasteiger partial charge in [0.15, 0.2) is 0 Å². The lowest BCUT2D eigenvalue weighted by molar-refractivity contribution is -0.145. The fourth-order valence-corrected chi connectivity index (χ4v) is 3.35. The fraction of sp³-hybridized carbons (Fsp3) is 0.333. The summed E-state index contributed by atoms with van der Waals surface area (Å²) in [6.07, 6.45) is 7.52. The second kappa shape index (κ2) is 10.6. The number of hydrogen-bond acceptors (Lipinski definition) is 4. The van der Waals surface area contributed by atoms with Gasteiger partial charge in [0.2, 0.25) is 0 Å². The third-order valence-corrected chi connectivity index (χ3v) is 4.88. The maximum atomic E-state index is 12.3. The molecule has 28 heavy (non-hydrogen) atoms. The maximum Gasteiger partial charge on any atom is 0.323 e. The first-order valence-electron chi connectivity index (χ1n) is 10.0. The van der Waals surface area contributed by atoms with Crippen molar-refractivity contribution in [2.75, 3.05) is 6.61 Å². The number of pyridine rings is 1. The summed E-state index contributed by atoms with van der Waals surface area (Å²) in [4.78, 5) is 16.5. The number of hydrogen-bond donors (Lipinski definition) is 1. The Hall–Kier alpha value is -2.72. The highest BCUT2D eigenvalue weighted by molar-refractivity contribution is 5.82. The molecule has 0 aliphatic heterocycles. The lowest BCUT2D eigenvalue weighted by Gasteiger charge is -2.17. The van der Waals surface area contributed by atoms with Crippen LogP contribution in [-0.2, 0) is 22.5 Å². The summed E-state index contributed by atoms with van der Waals surface area (Å²) in [5, 5.41) is 5.67. The Bertz CT molecular complexity index is 880. The highest BCUT2D eigenvalue weighted by atomic mass is 16.5. The number of benzene rings is 2. The van der Waals surface area contributed by atoms with Crippen molar-refractivity contribution in [3.05, 3.63) is 78.1 Å². The standard InChI is InChI=1S/C24H28N2O2/c1-2-28-24(27)23(11-7-6-10-19-8-4-3-5-9-19)26-17-20-12-13-22-18-25-15-14-21(22)16-20/h3-5,8-9,12-16,18,23,26H,2,6-7,10-11,17H2,1H3/t23-/m0/s1. The number of ether oxygens (including phenoxy) is 1. The topological polar surface area (TPSA) is 51.2 Å². The quantitative estimate of drug-likeness (QED) is 0.413. The highest BCUT2D eigenvalue weighted by Crippen LogP contribution is 2.15. The first-order chi connectivity index (χ1) is 13.8. The predicted octanol–water partition coefficient (Wildman–Crippen LogP) is 4.67. The number of carbonyl (C=O) groups is 1. The minimum absolute atomic E-state index is 0.160. The van der Waals surface area contributed by atoms with Gasteiger partial charge in [-0.3, -0.25) is 9.78 Å². The van der Waals surface area contributed by atoms with Crippen LogP contribution in [0.4, 0.5) is 0 Å². The first-order valence-corrected chi connectivity index (χ1v) is 10.0. The Morgan fingerprint density at radius 3 is 2.71 bits per heavy atom. The van der Waals surface area contributed by atoms with Gasteiger partial charge in [-0.1, -0.05) is 48.9 Å². The molecular formula is C24H28N2O2. The zero-order valence-electron chi connectivity index (χ0n) is 16.4. The van der Waals surface area contributed by atoms with Crippen LogP contribution in [0.5, 0.6) is 0 Å². The van der Waals surface area contributed by atoms with E-state index < -0.39 is 0 Å². The van der Waals surface area contributed by atoms with Crippen LogP contribution in [0, 0.1) is 0 Å². The number of nitrogens with one attached hydrogen (secondary N) is 1. The van der Waals surface area contributed by atoms with E-state index >= 15 is 0 Å². The van der Waals surface area contributed by atoms with Crippen LogP contribution < -0.4 is 5.32 Å². The molecule has 0 aliphatic rings. The monoisotopic (exact) mass is 376 g/mol. The molecule has 2 aromatic carbocycles. The molecule has 0 saturated carbocycles. The fourth-order valence-electron chi connectivity index (χ4n) is 3.35. The van der Waals surface area contributed by atoms with Crippen LogP contribution >= 0.6 is 0 Å². The molecule has 1 aromatic heterocycles. The van der Waals surface area contributed by atoms with Crippen LogP contribution in [-0.4, -0.2) is 23.6 Å². The average Bonchev–Trinajstić information content (AvgIpc) is 2.74. The van der Waals surface area contributed by atoms with Crippen molar-refractivity contribution >= 4 is 16.7 Å². The zero-order chi connectivity index (χ0) is 19.6. The summed E-state index contributed by atoms with van der Waals surface area (Å²) in [7, 11) is 0. The maximum absolute atomic E-state index is 12.3. The molecule has 1 N–H and O–H groups in total. The number of aryl methyl sites for hydroxylation is 1. The van der Waals surface area contributed by atoms with Crippen LogP contribution in [0.2, 0.25) is 0 Å². The van der Waals surface area contributed by atoms with E-state index in [4.69, 9.17) is 4.74 Å². The number of fused-ring (bicyclic) bond motifs is 1. The number of unbranched alkanes of at least 4 members (excludes halogenated alkanes) is 1. The molecule has 0 fully saturated rings. The summed E-state index contributed by atoms with van der Waals surface area (Å²) in [6.45, 7) is 2.90. The molecule has 4 nitrogen and oxygen atoms in total. The zero-order valence-corrected chi connectivity index (χ0v) is 16.4. The van der Waals surface area contributed by atoms with E-state index in [1.165, 1.54) is 5.56 Å². The van der Waals surface area contributed by atoms with E-state index in [1.807, 2.05) is 25.3 Å². The molecule has 3 rings (SSSR count). The Morgan fingerprint density at radius 2 is 1.89 bits per heavy atom. The van der Waals surface area contributed by atoms with Crippen molar-refractivity contribution in [1.82, 2.24) is 10.3 Å². The van der Waals surface area contributed by atoms with Crippen LogP contribution in [0.15, 0.2) is 67.0 Å². The van der Waals surface area contributed by atoms with E-state index in [-0.39, 0.29) is 12.0 Å². The summed E-state index contributed by atoms with van der Waals surface area (Å²) in [5.74, 6) is -0.160. The van der Waals surface area contributed by atoms with Gasteiger partial charge < -0.3 is 10.1 Å². The van der Waals surface area contributed by atoms with Gasteiger partial charge in [-0.25, -0.2) is 0 Å². The first kappa shape index (κ1) is 20.0. The third-order valence-electron chi connectivity index (χ3n) is 4.88. The van der Waals surface area contributed by atoms with Crippen LogP contribution in [0.3, 0.4) is 0 Å². The number of aromatic nitrogens is 1. The summed E-state index contributed by atoms with van der Waals surface area (Å²) < 4.78 is 5.27. The SMILES string of the molecule is CCOC(=O)[C@H](CCCCc1ccccc1)NCc1ccc2cnccc2c1. The second-order valence-corrected chi connectivity index (χ2v) is 6.97. The van der Waals surface area contributed by atoms with E-state index in [0.717, 1.165) is 42.0 Å². The molecule has 0 amide bonds. The Balaban J connectivity index is 1.53. The van der Waals surface area contributed by atoms with Gasteiger partial charge in [0.05, 0.1) is 6.61 Å². The number of rotatable bonds is 10. The molecule has 1 atom stereocenters. The average molecular weight is 377 g/mol. The molecule has 0 unspecified atom stereocenters. The van der Waals surface area contributed by atoms with Gasteiger partial charge in [0.25, 0.3) is 0 Å². The molecule has 3 aromatic rings. The van der Waals surface area contributed by atoms with Crippen LogP contribution in [0.1, 0.15) is 37.3 Å². The molecular weight excluding hydrogens is 348 g/mol. The van der Waals surface area contributed by atoms with Gasteiger partial charge in [0, 0.05) is 24.3 Å². The highest BCUT2D eigenvalue weighted by Gasteiger charge is 2.18. The number of nitrogens with zero attached hydrogens (tertiary/aromatic N) is 1. The molecule has 4 heteroatoms. The van der Waals surface area contributed by atoms with Crippen molar-refractivity contribution in [2.24, 2.45) is 0 Å². The van der Waals surface area contributed by atoms with Gasteiger partial charge in [-0.15, -0.1) is 0 Å². The summed E-state index contributed by atoms with van der Waals surface area (Å²) >= 11 is 0. The minimum Gasteiger partial charge on any atom is -0.465 e. The van der Waals surface area contributed by atoms with E-state index in [2.05, 4.69) is 52.8 Å². The molecule has 146 valence electrons.